The number of hydrogen-bond acceptors (Lipinski definition) is 4. The number of carbonyl (C=O) groups is 1. The van der Waals surface area contributed by atoms with Crippen molar-refractivity contribution >= 4 is 21.6 Å². The third kappa shape index (κ3) is 3.79. The van der Waals surface area contributed by atoms with Crippen molar-refractivity contribution in [2.45, 2.75) is 44.4 Å². The van der Waals surface area contributed by atoms with Gasteiger partial charge >= 0.3 is 0 Å². The Morgan fingerprint density at radius 3 is 2.50 bits per heavy atom. The molecule has 2 N–H and O–H groups in total. The molecule has 0 aromatic heterocycles. The van der Waals surface area contributed by atoms with Crippen molar-refractivity contribution in [2.75, 3.05) is 31.5 Å². The van der Waals surface area contributed by atoms with Crippen LogP contribution in [0.25, 0.3) is 0 Å². The maximum Gasteiger partial charge on any atom is 0.240 e. The van der Waals surface area contributed by atoms with Crippen LogP contribution in [0.3, 0.4) is 0 Å². The van der Waals surface area contributed by atoms with Crippen LogP contribution >= 0.6 is 0 Å². The lowest BCUT2D eigenvalue weighted by Crippen LogP contribution is -2.30. The smallest absolute Gasteiger partial charge is 0.240 e. The highest BCUT2D eigenvalue weighted by atomic mass is 32.2. The fraction of sp³-hybridized carbons (Fsp3) is 0.588. The molecule has 0 bridgehead atoms. The van der Waals surface area contributed by atoms with Crippen molar-refractivity contribution in [1.82, 2.24) is 9.62 Å². The van der Waals surface area contributed by atoms with E-state index < -0.39 is 15.4 Å². The average molecular weight is 353 g/mol. The average Bonchev–Trinajstić information content (AvgIpc) is 2.77. The first-order valence-corrected chi connectivity index (χ1v) is 9.88. The quantitative estimate of drug-likeness (QED) is 0.700. The lowest BCUT2D eigenvalue weighted by Gasteiger charge is -2.18. The Bertz CT molecular complexity index is 710. The van der Waals surface area contributed by atoms with Gasteiger partial charge in [-0.05, 0) is 63.7 Å². The molecule has 0 atom stereocenters. The van der Waals surface area contributed by atoms with Gasteiger partial charge in [0.15, 0.2) is 0 Å². The molecule has 1 amide bonds. The largest absolute Gasteiger partial charge is 0.325 e. The van der Waals surface area contributed by atoms with Crippen LogP contribution in [0.1, 0.15) is 39.7 Å². The van der Waals surface area contributed by atoms with Gasteiger partial charge in [0, 0.05) is 12.2 Å². The molecular formula is C17H27N3O3S. The Balaban J connectivity index is 2.06. The number of rotatable bonds is 8. The Labute approximate surface area is 144 Å². The summed E-state index contributed by atoms with van der Waals surface area (Å²) in [5.41, 5.74) is 0.688. The van der Waals surface area contributed by atoms with E-state index in [0.717, 1.165) is 31.6 Å². The number of nitrogens with zero attached hydrogens (tertiary/aromatic N) is 1. The van der Waals surface area contributed by atoms with Crippen molar-refractivity contribution < 1.29 is 13.2 Å². The molecule has 7 heteroatoms. The van der Waals surface area contributed by atoms with Gasteiger partial charge in [0.25, 0.3) is 0 Å². The number of anilines is 1. The third-order valence-electron chi connectivity index (χ3n) is 4.63. The summed E-state index contributed by atoms with van der Waals surface area (Å²) >= 11 is 0. The van der Waals surface area contributed by atoms with Gasteiger partial charge in [-0.15, -0.1) is 0 Å². The van der Waals surface area contributed by atoms with Crippen LogP contribution in [0.5, 0.6) is 0 Å². The van der Waals surface area contributed by atoms with Crippen molar-refractivity contribution in [3.05, 3.63) is 23.8 Å². The minimum atomic E-state index is -3.57. The number of hydrogen-bond donors (Lipinski definition) is 2. The first-order valence-electron chi connectivity index (χ1n) is 8.40. The molecule has 0 saturated carbocycles. The summed E-state index contributed by atoms with van der Waals surface area (Å²) < 4.78 is 27.6. The van der Waals surface area contributed by atoms with Gasteiger partial charge in [0.1, 0.15) is 0 Å². The maximum atomic E-state index is 12.5. The van der Waals surface area contributed by atoms with E-state index in [0.29, 0.717) is 12.2 Å². The van der Waals surface area contributed by atoms with E-state index in [1.165, 1.54) is 6.07 Å². The number of carbonyl (C=O) groups excluding carboxylic acids is 1. The van der Waals surface area contributed by atoms with Crippen molar-refractivity contribution in [1.29, 1.82) is 0 Å². The molecule has 0 saturated heterocycles. The summed E-state index contributed by atoms with van der Waals surface area (Å²) in [4.78, 5) is 14.4. The first kappa shape index (κ1) is 18.9. The first-order chi connectivity index (χ1) is 11.2. The molecule has 0 fully saturated rings. The topological polar surface area (TPSA) is 78.5 Å². The minimum Gasteiger partial charge on any atom is -0.325 e. The van der Waals surface area contributed by atoms with Gasteiger partial charge in [-0.25, -0.2) is 13.1 Å². The van der Waals surface area contributed by atoms with Gasteiger partial charge in [-0.2, -0.15) is 0 Å². The zero-order valence-corrected chi connectivity index (χ0v) is 15.7. The minimum absolute atomic E-state index is 0.112. The molecule has 0 spiro atoms. The molecule has 0 unspecified atom stereocenters. The highest BCUT2D eigenvalue weighted by molar-refractivity contribution is 7.89. The van der Waals surface area contributed by atoms with Crippen LogP contribution in [0.2, 0.25) is 0 Å². The third-order valence-corrected chi connectivity index (χ3v) is 6.09. The van der Waals surface area contributed by atoms with Crippen LogP contribution in [0.4, 0.5) is 5.69 Å². The second-order valence-electron chi connectivity index (χ2n) is 6.56. The van der Waals surface area contributed by atoms with Crippen molar-refractivity contribution in [3.63, 3.8) is 0 Å². The highest BCUT2D eigenvalue weighted by Crippen LogP contribution is 2.38. The summed E-state index contributed by atoms with van der Waals surface area (Å²) in [6.45, 7) is 11.0. The number of fused-ring (bicyclic) bond motifs is 1. The second kappa shape index (κ2) is 7.21. The van der Waals surface area contributed by atoms with E-state index in [1.807, 2.05) is 0 Å². The summed E-state index contributed by atoms with van der Waals surface area (Å²) in [5.74, 6) is -0.112. The van der Waals surface area contributed by atoms with E-state index in [9.17, 15) is 13.2 Å². The Morgan fingerprint density at radius 1 is 1.21 bits per heavy atom. The van der Waals surface area contributed by atoms with Gasteiger partial charge in [0.2, 0.25) is 15.9 Å². The van der Waals surface area contributed by atoms with E-state index in [4.69, 9.17) is 0 Å². The molecule has 6 nitrogen and oxygen atoms in total. The molecule has 0 radical (unpaired) electrons. The zero-order valence-electron chi connectivity index (χ0n) is 14.8. The van der Waals surface area contributed by atoms with Crippen LogP contribution in [0, 0.1) is 0 Å². The molecule has 134 valence electrons. The SMILES string of the molecule is CCN(CC)CCCNS(=O)(=O)c1ccc2c(c1)C(C)(C)C(=O)N2. The molecular weight excluding hydrogens is 326 g/mol. The molecule has 1 aromatic rings. The number of nitrogens with one attached hydrogen (secondary N) is 2. The zero-order chi connectivity index (χ0) is 18.0. The molecule has 1 aliphatic heterocycles. The van der Waals surface area contributed by atoms with Crippen LogP contribution in [-0.2, 0) is 20.2 Å². The number of benzene rings is 1. The van der Waals surface area contributed by atoms with E-state index >= 15 is 0 Å². The summed E-state index contributed by atoms with van der Waals surface area (Å²) in [6, 6.07) is 4.79. The molecule has 2 rings (SSSR count). The summed E-state index contributed by atoms with van der Waals surface area (Å²) in [7, 11) is -3.57. The predicted molar refractivity (Wildman–Crippen MR) is 95.7 cm³/mol. The summed E-state index contributed by atoms with van der Waals surface area (Å²) in [5, 5.41) is 2.78. The Morgan fingerprint density at radius 2 is 1.88 bits per heavy atom. The lowest BCUT2D eigenvalue weighted by molar-refractivity contribution is -0.119. The molecule has 1 aromatic carbocycles. The van der Waals surface area contributed by atoms with Crippen molar-refractivity contribution in [2.24, 2.45) is 0 Å². The fourth-order valence-corrected chi connectivity index (χ4v) is 3.95. The van der Waals surface area contributed by atoms with Crippen LogP contribution in [-0.4, -0.2) is 45.4 Å². The molecule has 1 heterocycles. The van der Waals surface area contributed by atoms with Crippen LogP contribution < -0.4 is 10.0 Å². The fourth-order valence-electron chi connectivity index (χ4n) is 2.85. The molecule has 0 aliphatic carbocycles. The van der Waals surface area contributed by atoms with Crippen molar-refractivity contribution in [3.8, 4) is 0 Å². The van der Waals surface area contributed by atoms with E-state index in [-0.39, 0.29) is 10.8 Å². The van der Waals surface area contributed by atoms with Gasteiger partial charge in [-0.3, -0.25) is 4.79 Å². The normalized spacial score (nSPS) is 16.3. The van der Waals surface area contributed by atoms with Gasteiger partial charge < -0.3 is 10.2 Å². The second-order valence-corrected chi connectivity index (χ2v) is 8.33. The van der Waals surface area contributed by atoms with E-state index in [1.54, 1.807) is 26.0 Å². The number of sulfonamides is 1. The summed E-state index contributed by atoms with van der Waals surface area (Å²) in [6.07, 6.45) is 0.761. The predicted octanol–water partition coefficient (Wildman–Crippen LogP) is 1.93. The lowest BCUT2D eigenvalue weighted by atomic mass is 9.86. The number of amides is 1. The Hall–Kier alpha value is -1.44. The van der Waals surface area contributed by atoms with E-state index in [2.05, 4.69) is 28.8 Å². The van der Waals surface area contributed by atoms with Crippen LogP contribution in [0.15, 0.2) is 23.1 Å². The highest BCUT2D eigenvalue weighted by Gasteiger charge is 2.39. The van der Waals surface area contributed by atoms with Gasteiger partial charge in [-0.1, -0.05) is 13.8 Å². The Kier molecular flexibility index (Phi) is 5.67. The monoisotopic (exact) mass is 353 g/mol. The standard InChI is InChI=1S/C17H27N3O3S/c1-5-20(6-2)11-7-10-18-24(22,23)13-8-9-15-14(12-13)17(3,4)16(21)19-15/h8-9,12,18H,5-7,10-11H2,1-4H3,(H,19,21). The molecule has 24 heavy (non-hydrogen) atoms. The molecule has 1 aliphatic rings. The van der Waals surface area contributed by atoms with Gasteiger partial charge in [0.05, 0.1) is 10.3 Å². The maximum absolute atomic E-state index is 12.5.